The minimum atomic E-state index is -5.01. The van der Waals surface area contributed by atoms with E-state index >= 15 is 0 Å². The number of amides is 1. The van der Waals surface area contributed by atoms with Crippen LogP contribution in [0.2, 0.25) is 10.0 Å². The van der Waals surface area contributed by atoms with Crippen LogP contribution in [0.4, 0.5) is 13.2 Å². The van der Waals surface area contributed by atoms with E-state index in [1.807, 2.05) is 0 Å². The van der Waals surface area contributed by atoms with E-state index in [1.54, 1.807) is 12.1 Å². The number of ether oxygens (including phenoxy) is 2. The lowest BCUT2D eigenvalue weighted by molar-refractivity contribution is -0.352. The molecule has 3 heterocycles. The van der Waals surface area contributed by atoms with Gasteiger partial charge in [-0.25, -0.2) is 8.42 Å². The van der Waals surface area contributed by atoms with E-state index in [0.29, 0.717) is 11.1 Å². The van der Waals surface area contributed by atoms with Crippen molar-refractivity contribution in [3.63, 3.8) is 0 Å². The third-order valence-corrected chi connectivity index (χ3v) is 8.11. The summed E-state index contributed by atoms with van der Waals surface area (Å²) in [4.78, 5) is 18.5. The molecule has 3 aliphatic heterocycles. The first-order valence-corrected chi connectivity index (χ1v) is 13.7. The van der Waals surface area contributed by atoms with Gasteiger partial charge in [-0.1, -0.05) is 29.3 Å². The van der Waals surface area contributed by atoms with Crippen molar-refractivity contribution in [3.05, 3.63) is 68.2 Å². The molecule has 5 rings (SSSR count). The van der Waals surface area contributed by atoms with Crippen LogP contribution >= 0.6 is 23.2 Å². The summed E-state index contributed by atoms with van der Waals surface area (Å²) in [6, 6.07) is 6.97. The Bertz CT molecular complexity index is 1430. The van der Waals surface area contributed by atoms with Crippen LogP contribution in [0.3, 0.4) is 0 Å². The lowest BCUT2D eigenvalue weighted by atomic mass is 9.84. The summed E-state index contributed by atoms with van der Waals surface area (Å²) in [6.07, 6.45) is -4.03. The molecule has 1 saturated heterocycles. The van der Waals surface area contributed by atoms with Gasteiger partial charge in [0.25, 0.3) is 5.90 Å². The highest BCUT2D eigenvalue weighted by Gasteiger charge is 2.66. The Morgan fingerprint density at radius 2 is 1.89 bits per heavy atom. The zero-order chi connectivity index (χ0) is 27.0. The van der Waals surface area contributed by atoms with Crippen molar-refractivity contribution in [2.75, 3.05) is 25.1 Å². The van der Waals surface area contributed by atoms with Crippen molar-refractivity contribution in [2.24, 2.45) is 5.16 Å². The Morgan fingerprint density at radius 3 is 2.51 bits per heavy atom. The smallest absolute Gasteiger partial charge is 0.419 e. The Labute approximate surface area is 219 Å². The first kappa shape index (κ1) is 26.1. The summed E-state index contributed by atoms with van der Waals surface area (Å²) in [6.45, 7) is 1.98. The number of sulfone groups is 1. The van der Waals surface area contributed by atoms with Crippen molar-refractivity contribution in [1.82, 2.24) is 4.90 Å². The second kappa shape index (κ2) is 8.48. The molecular weight excluding hydrogens is 560 g/mol. The molecule has 1 amide bonds. The van der Waals surface area contributed by atoms with Crippen LogP contribution in [0.15, 0.2) is 35.5 Å². The molecule has 0 aliphatic carbocycles. The molecule has 0 aromatic heterocycles. The molecule has 0 radical (unpaired) electrons. The largest absolute Gasteiger partial charge is 0.475 e. The standard InChI is InChI=1S/C23H19Cl2F3N2O6S/c1-12-5-15(7-17(24)19(12)25)22(23(26,27)28)35-20(29-36-22)13-3-4-16-14(6-13)8-34-21(16)10-30(11-21)18(31)9-37(2,32)33/h3-7H,8-11H2,1-2H3. The monoisotopic (exact) mass is 578 g/mol. The molecule has 1 spiro atoms. The van der Waals surface area contributed by atoms with Crippen LogP contribution in [0.1, 0.15) is 27.8 Å². The van der Waals surface area contributed by atoms with Gasteiger partial charge in [0.1, 0.15) is 11.4 Å². The van der Waals surface area contributed by atoms with Crippen LogP contribution in [0, 0.1) is 6.92 Å². The molecule has 8 nitrogen and oxygen atoms in total. The first-order chi connectivity index (χ1) is 17.1. The maximum absolute atomic E-state index is 14.2. The van der Waals surface area contributed by atoms with E-state index in [-0.39, 0.29) is 41.2 Å². The number of rotatable bonds is 4. The number of oxime groups is 1. The van der Waals surface area contributed by atoms with Gasteiger partial charge in [0.05, 0.1) is 29.7 Å². The number of alkyl halides is 3. The number of benzene rings is 2. The van der Waals surface area contributed by atoms with Gasteiger partial charge in [0.2, 0.25) is 5.91 Å². The van der Waals surface area contributed by atoms with Gasteiger partial charge in [0, 0.05) is 17.4 Å². The van der Waals surface area contributed by atoms with Crippen LogP contribution in [0.25, 0.3) is 0 Å². The lowest BCUT2D eigenvalue weighted by Gasteiger charge is -2.47. The molecule has 0 bridgehead atoms. The van der Waals surface area contributed by atoms with E-state index in [4.69, 9.17) is 37.5 Å². The number of carbonyl (C=O) groups excluding carboxylic acids is 1. The summed E-state index contributed by atoms with van der Waals surface area (Å²) in [5, 5.41) is 3.62. The molecule has 1 unspecified atom stereocenters. The maximum atomic E-state index is 14.2. The van der Waals surface area contributed by atoms with Crippen LogP contribution in [-0.2, 0) is 46.9 Å². The number of aryl methyl sites for hydroxylation is 1. The fraction of sp³-hybridized carbons (Fsp3) is 0.391. The highest BCUT2D eigenvalue weighted by atomic mass is 35.5. The van der Waals surface area contributed by atoms with E-state index in [1.165, 1.54) is 24.0 Å². The number of likely N-dealkylation sites (tertiary alicyclic amines) is 1. The molecule has 2 aromatic carbocycles. The van der Waals surface area contributed by atoms with Crippen LogP contribution in [0.5, 0.6) is 0 Å². The van der Waals surface area contributed by atoms with Gasteiger partial charge >= 0.3 is 12.0 Å². The van der Waals surface area contributed by atoms with E-state index < -0.39 is 44.6 Å². The third-order valence-electron chi connectivity index (χ3n) is 6.44. The van der Waals surface area contributed by atoms with Gasteiger partial charge in [-0.2, -0.15) is 13.2 Å². The SMILES string of the molecule is Cc1cc(C2(C(F)(F)F)ON=C(c3ccc4c(c3)COC43CN(C(=O)CS(C)(=O)=O)C3)O2)cc(Cl)c1Cl. The predicted molar refractivity (Wildman–Crippen MR) is 127 cm³/mol. The number of nitrogens with zero attached hydrogens (tertiary/aromatic N) is 2. The molecular formula is C23H19Cl2F3N2O6S. The molecule has 198 valence electrons. The Balaban J connectivity index is 1.38. The fourth-order valence-electron chi connectivity index (χ4n) is 4.60. The number of carbonyl (C=O) groups is 1. The maximum Gasteiger partial charge on any atom is 0.475 e. The van der Waals surface area contributed by atoms with Crippen molar-refractivity contribution < 1.29 is 40.7 Å². The quantitative estimate of drug-likeness (QED) is 0.543. The van der Waals surface area contributed by atoms with Gasteiger partial charge in [0.15, 0.2) is 9.84 Å². The molecule has 1 fully saturated rings. The minimum absolute atomic E-state index is 0.0921. The molecule has 37 heavy (non-hydrogen) atoms. The minimum Gasteiger partial charge on any atom is -0.419 e. The summed E-state index contributed by atoms with van der Waals surface area (Å²) in [7, 11) is -3.47. The lowest BCUT2D eigenvalue weighted by Crippen LogP contribution is -2.62. The summed E-state index contributed by atoms with van der Waals surface area (Å²) >= 11 is 12.0. The van der Waals surface area contributed by atoms with Crippen LogP contribution < -0.4 is 0 Å². The number of hydrogen-bond acceptors (Lipinski definition) is 7. The highest BCUT2D eigenvalue weighted by Crippen LogP contribution is 2.49. The fourth-order valence-corrected chi connectivity index (χ4v) is 5.61. The van der Waals surface area contributed by atoms with Crippen molar-refractivity contribution in [2.45, 2.75) is 31.1 Å². The van der Waals surface area contributed by atoms with Crippen molar-refractivity contribution in [3.8, 4) is 0 Å². The Kier molecular flexibility index (Phi) is 5.98. The first-order valence-electron chi connectivity index (χ1n) is 10.9. The Hall–Kier alpha value is -2.54. The summed E-state index contributed by atoms with van der Waals surface area (Å²) in [5.74, 6) is -4.71. The third kappa shape index (κ3) is 4.33. The van der Waals surface area contributed by atoms with Gasteiger partial charge in [-0.05, 0) is 53.0 Å². The molecule has 0 saturated carbocycles. The van der Waals surface area contributed by atoms with E-state index in [0.717, 1.165) is 17.9 Å². The average molecular weight is 579 g/mol. The molecule has 2 aromatic rings. The van der Waals surface area contributed by atoms with E-state index in [2.05, 4.69) is 5.16 Å². The van der Waals surface area contributed by atoms with Gasteiger partial charge in [-0.3, -0.25) is 4.79 Å². The van der Waals surface area contributed by atoms with Gasteiger partial charge in [-0.15, -0.1) is 0 Å². The number of hydrogen-bond donors (Lipinski definition) is 0. The van der Waals surface area contributed by atoms with Gasteiger partial charge < -0.3 is 19.2 Å². The summed E-state index contributed by atoms with van der Waals surface area (Å²) in [5.41, 5.74) is 0.741. The highest BCUT2D eigenvalue weighted by molar-refractivity contribution is 7.91. The van der Waals surface area contributed by atoms with Crippen molar-refractivity contribution in [1.29, 1.82) is 0 Å². The number of fused-ring (bicyclic) bond motifs is 2. The molecule has 0 N–H and O–H groups in total. The zero-order valence-corrected chi connectivity index (χ0v) is 21.7. The summed E-state index contributed by atoms with van der Waals surface area (Å²) < 4.78 is 76.8. The topological polar surface area (TPSA) is 94.5 Å². The zero-order valence-electron chi connectivity index (χ0n) is 19.4. The number of halogens is 5. The average Bonchev–Trinajstić information content (AvgIpc) is 3.37. The molecule has 3 aliphatic rings. The molecule has 14 heteroatoms. The Morgan fingerprint density at radius 1 is 1.19 bits per heavy atom. The van der Waals surface area contributed by atoms with Crippen molar-refractivity contribution >= 4 is 44.8 Å². The molecule has 1 atom stereocenters. The predicted octanol–water partition coefficient (Wildman–Crippen LogP) is 4.04. The normalized spacial score (nSPS) is 22.2. The van der Waals surface area contributed by atoms with Crippen LogP contribution in [-0.4, -0.2) is 56.4 Å². The second-order valence-electron chi connectivity index (χ2n) is 9.27. The van der Waals surface area contributed by atoms with E-state index in [9.17, 15) is 26.4 Å². The second-order valence-corrected chi connectivity index (χ2v) is 12.2.